The Kier molecular flexibility index (Phi) is 6.07. The number of rotatable bonds is 5. The van der Waals surface area contributed by atoms with Crippen molar-refractivity contribution in [3.8, 4) is 5.75 Å². The molecule has 0 aliphatic carbocycles. The molecule has 2 aromatic rings. The molecular formula is C23H31ClN4O2. The van der Waals surface area contributed by atoms with Crippen LogP contribution < -0.4 is 4.74 Å². The number of carbonyl (C=O) groups is 1. The Morgan fingerprint density at radius 2 is 1.83 bits per heavy atom. The molecule has 30 heavy (non-hydrogen) atoms. The van der Waals surface area contributed by atoms with E-state index in [4.69, 9.17) is 16.3 Å². The zero-order valence-corrected chi connectivity index (χ0v) is 18.9. The van der Waals surface area contributed by atoms with E-state index in [1.165, 1.54) is 6.42 Å². The molecule has 1 amide bonds. The molecule has 0 unspecified atom stereocenters. The fraction of sp³-hybridized carbons (Fsp3) is 0.565. The Bertz CT molecular complexity index is 901. The van der Waals surface area contributed by atoms with Gasteiger partial charge in [0.15, 0.2) is 0 Å². The van der Waals surface area contributed by atoms with Gasteiger partial charge in [-0.15, -0.1) is 0 Å². The van der Waals surface area contributed by atoms with Crippen molar-refractivity contribution in [1.82, 2.24) is 19.6 Å². The molecule has 1 spiro atoms. The molecule has 1 aromatic heterocycles. The first-order valence-corrected chi connectivity index (χ1v) is 11.2. The Balaban J connectivity index is 1.33. The number of nitrogens with zero attached hydrogens (tertiary/aromatic N) is 4. The lowest BCUT2D eigenvalue weighted by Gasteiger charge is -2.39. The van der Waals surface area contributed by atoms with Crippen molar-refractivity contribution in [1.29, 1.82) is 0 Å². The molecule has 7 heteroatoms. The maximum Gasteiger partial charge on any atom is 0.253 e. The largest absolute Gasteiger partial charge is 0.494 e. The summed E-state index contributed by atoms with van der Waals surface area (Å²) in [4.78, 5) is 17.4. The maximum absolute atomic E-state index is 12.9. The van der Waals surface area contributed by atoms with Gasteiger partial charge in [0.2, 0.25) is 0 Å². The lowest BCUT2D eigenvalue weighted by molar-refractivity contribution is 0.0588. The third-order valence-corrected chi connectivity index (χ3v) is 7.17. The summed E-state index contributed by atoms with van der Waals surface area (Å²) in [5.74, 6) is 0.933. The van der Waals surface area contributed by atoms with Crippen LogP contribution >= 0.6 is 11.6 Å². The molecule has 0 radical (unpaired) electrons. The van der Waals surface area contributed by atoms with Crippen LogP contribution in [0.4, 0.5) is 0 Å². The fourth-order valence-corrected chi connectivity index (χ4v) is 5.11. The first-order chi connectivity index (χ1) is 14.4. The van der Waals surface area contributed by atoms with E-state index in [1.807, 2.05) is 50.1 Å². The Labute approximate surface area is 183 Å². The van der Waals surface area contributed by atoms with E-state index in [9.17, 15) is 4.79 Å². The molecule has 2 aliphatic heterocycles. The summed E-state index contributed by atoms with van der Waals surface area (Å²) in [6.45, 7) is 9.27. The van der Waals surface area contributed by atoms with E-state index in [0.29, 0.717) is 12.0 Å². The van der Waals surface area contributed by atoms with Crippen LogP contribution in [0.25, 0.3) is 0 Å². The quantitative estimate of drug-likeness (QED) is 0.721. The minimum atomic E-state index is 0.125. The first-order valence-electron chi connectivity index (χ1n) is 10.8. The van der Waals surface area contributed by atoms with Crippen LogP contribution in [0.1, 0.15) is 47.8 Å². The third-order valence-electron chi connectivity index (χ3n) is 6.69. The van der Waals surface area contributed by atoms with Gasteiger partial charge in [0.1, 0.15) is 10.9 Å². The highest BCUT2D eigenvalue weighted by Gasteiger charge is 2.41. The first kappa shape index (κ1) is 21.2. The SMILES string of the molecule is CCOc1ccc(C(=O)N2CCC3(CCN(Cc4c(C)nn(C)c4Cl)C3)CC2)cc1. The Hall–Kier alpha value is -2.05. The standard InChI is InChI=1S/C23H31ClN4O2/c1-4-30-19-7-5-18(6-8-19)22(29)28-13-10-23(11-14-28)9-12-27(16-23)15-20-17(2)25-26(3)21(20)24/h5-8H,4,9-16H2,1-3H3. The van der Waals surface area contributed by atoms with Crippen LogP contribution in [-0.4, -0.2) is 58.3 Å². The lowest BCUT2D eigenvalue weighted by Crippen LogP contribution is -2.44. The lowest BCUT2D eigenvalue weighted by atomic mass is 9.77. The van der Waals surface area contributed by atoms with Crippen LogP contribution in [0.3, 0.4) is 0 Å². The number of amides is 1. The molecular weight excluding hydrogens is 400 g/mol. The zero-order chi connectivity index (χ0) is 21.3. The van der Waals surface area contributed by atoms with Crippen LogP contribution in [0, 0.1) is 12.3 Å². The van der Waals surface area contributed by atoms with Crippen molar-refractivity contribution in [2.24, 2.45) is 12.5 Å². The molecule has 2 saturated heterocycles. The molecule has 1 aromatic carbocycles. The number of halogens is 1. The monoisotopic (exact) mass is 430 g/mol. The van der Waals surface area contributed by atoms with Crippen LogP contribution in [0.15, 0.2) is 24.3 Å². The second-order valence-corrected chi connectivity index (χ2v) is 9.05. The predicted octanol–water partition coefficient (Wildman–Crippen LogP) is 3.91. The molecule has 0 N–H and O–H groups in total. The van der Waals surface area contributed by atoms with Crippen molar-refractivity contribution in [2.45, 2.75) is 39.7 Å². The second-order valence-electron chi connectivity index (χ2n) is 8.69. The van der Waals surface area contributed by atoms with Gasteiger partial charge in [-0.2, -0.15) is 5.10 Å². The summed E-state index contributed by atoms with van der Waals surface area (Å²) < 4.78 is 7.23. The highest BCUT2D eigenvalue weighted by Crippen LogP contribution is 2.41. The van der Waals surface area contributed by atoms with Crippen molar-refractivity contribution in [2.75, 3.05) is 32.8 Å². The van der Waals surface area contributed by atoms with Gasteiger partial charge in [-0.25, -0.2) is 0 Å². The van der Waals surface area contributed by atoms with Crippen molar-refractivity contribution < 1.29 is 9.53 Å². The summed E-state index contributed by atoms with van der Waals surface area (Å²) in [7, 11) is 1.89. The van der Waals surface area contributed by atoms with E-state index in [2.05, 4.69) is 10.00 Å². The smallest absolute Gasteiger partial charge is 0.253 e. The van der Waals surface area contributed by atoms with Gasteiger partial charge in [0, 0.05) is 44.4 Å². The van der Waals surface area contributed by atoms with Crippen LogP contribution in [0.5, 0.6) is 5.75 Å². The minimum absolute atomic E-state index is 0.125. The van der Waals surface area contributed by atoms with E-state index in [1.54, 1.807) is 4.68 Å². The molecule has 3 heterocycles. The normalized spacial score (nSPS) is 18.9. The topological polar surface area (TPSA) is 50.6 Å². The number of hydrogen-bond donors (Lipinski definition) is 0. The highest BCUT2D eigenvalue weighted by atomic mass is 35.5. The van der Waals surface area contributed by atoms with Gasteiger partial charge < -0.3 is 9.64 Å². The molecule has 4 rings (SSSR count). The molecule has 162 valence electrons. The summed E-state index contributed by atoms with van der Waals surface area (Å²) in [6.07, 6.45) is 3.31. The number of aryl methyl sites for hydroxylation is 2. The summed E-state index contributed by atoms with van der Waals surface area (Å²) in [5, 5.41) is 5.18. The van der Waals surface area contributed by atoms with E-state index in [0.717, 1.165) is 73.3 Å². The minimum Gasteiger partial charge on any atom is -0.494 e. The number of hydrogen-bond acceptors (Lipinski definition) is 4. The van der Waals surface area contributed by atoms with Gasteiger partial charge in [-0.05, 0) is 69.3 Å². The second kappa shape index (κ2) is 8.60. The summed E-state index contributed by atoms with van der Waals surface area (Å²) >= 11 is 6.43. The van der Waals surface area contributed by atoms with E-state index >= 15 is 0 Å². The maximum atomic E-state index is 12.9. The highest BCUT2D eigenvalue weighted by molar-refractivity contribution is 6.30. The van der Waals surface area contributed by atoms with Crippen molar-refractivity contribution in [3.63, 3.8) is 0 Å². The number of carbonyl (C=O) groups excluding carboxylic acids is 1. The summed E-state index contributed by atoms with van der Waals surface area (Å²) in [5.41, 5.74) is 3.21. The Morgan fingerprint density at radius 3 is 2.43 bits per heavy atom. The van der Waals surface area contributed by atoms with Crippen molar-refractivity contribution in [3.05, 3.63) is 46.2 Å². The average Bonchev–Trinajstić information content (AvgIpc) is 3.24. The van der Waals surface area contributed by atoms with Gasteiger partial charge in [-0.1, -0.05) is 11.6 Å². The molecule has 2 fully saturated rings. The number of aromatic nitrogens is 2. The van der Waals surface area contributed by atoms with Crippen LogP contribution in [0.2, 0.25) is 5.15 Å². The van der Waals surface area contributed by atoms with Gasteiger partial charge in [-0.3, -0.25) is 14.4 Å². The molecule has 0 bridgehead atoms. The number of likely N-dealkylation sites (tertiary alicyclic amines) is 2. The van der Waals surface area contributed by atoms with Gasteiger partial charge in [0.05, 0.1) is 12.3 Å². The van der Waals surface area contributed by atoms with Crippen molar-refractivity contribution >= 4 is 17.5 Å². The molecule has 0 atom stereocenters. The molecule has 0 saturated carbocycles. The van der Waals surface area contributed by atoms with Crippen LogP contribution in [-0.2, 0) is 13.6 Å². The predicted molar refractivity (Wildman–Crippen MR) is 118 cm³/mol. The fourth-order valence-electron chi connectivity index (χ4n) is 4.88. The number of piperidine rings is 1. The number of ether oxygens (including phenoxy) is 1. The van der Waals surface area contributed by atoms with Gasteiger partial charge in [0.25, 0.3) is 5.91 Å². The van der Waals surface area contributed by atoms with Gasteiger partial charge >= 0.3 is 0 Å². The zero-order valence-electron chi connectivity index (χ0n) is 18.2. The van der Waals surface area contributed by atoms with E-state index in [-0.39, 0.29) is 5.91 Å². The summed E-state index contributed by atoms with van der Waals surface area (Å²) in [6, 6.07) is 7.50. The average molecular weight is 431 g/mol. The third kappa shape index (κ3) is 4.21. The number of benzene rings is 1. The Morgan fingerprint density at radius 1 is 1.17 bits per heavy atom. The molecule has 2 aliphatic rings. The molecule has 6 nitrogen and oxygen atoms in total. The van der Waals surface area contributed by atoms with E-state index < -0.39 is 0 Å².